The van der Waals surface area contributed by atoms with Gasteiger partial charge in [-0.15, -0.1) is 0 Å². The van der Waals surface area contributed by atoms with Crippen molar-refractivity contribution in [3.8, 4) is 0 Å². The molecule has 0 heterocycles. The molecule has 0 saturated carbocycles. The Morgan fingerprint density at radius 1 is 0.946 bits per heavy atom. The molecule has 3 aromatic carbocycles. The summed E-state index contributed by atoms with van der Waals surface area (Å²) in [6.45, 7) is 6.54. The van der Waals surface area contributed by atoms with Crippen molar-refractivity contribution in [1.29, 1.82) is 0 Å². The van der Waals surface area contributed by atoms with E-state index in [4.69, 9.17) is 0 Å². The van der Waals surface area contributed by atoms with E-state index >= 15 is 0 Å². The minimum atomic E-state index is -4.14. The Bertz CT molecular complexity index is 1360. The summed E-state index contributed by atoms with van der Waals surface area (Å²) < 4.78 is 43.0. The number of halogens is 1. The molecule has 0 spiro atoms. The highest BCUT2D eigenvalue weighted by Crippen LogP contribution is 2.26. The highest BCUT2D eigenvalue weighted by atomic mass is 32.2. The highest BCUT2D eigenvalue weighted by Gasteiger charge is 2.32. The Balaban J connectivity index is 2.04. The molecule has 3 aromatic rings. The molecule has 196 valence electrons. The molecular weight excluding hydrogens is 493 g/mol. The molecule has 0 aliphatic carbocycles. The van der Waals surface area contributed by atoms with E-state index in [9.17, 15) is 22.4 Å². The number of likely N-dealkylation sites (N-methyl/N-ethyl adjacent to an activating group) is 1. The zero-order valence-corrected chi connectivity index (χ0v) is 22.3. The molecule has 1 atom stereocenters. The van der Waals surface area contributed by atoms with Crippen LogP contribution in [-0.4, -0.2) is 44.3 Å². The fourth-order valence-electron chi connectivity index (χ4n) is 3.86. The van der Waals surface area contributed by atoms with Crippen molar-refractivity contribution in [3.05, 3.63) is 95.3 Å². The predicted octanol–water partition coefficient (Wildman–Crippen LogP) is 4.19. The van der Waals surface area contributed by atoms with Gasteiger partial charge in [-0.1, -0.05) is 48.0 Å². The first-order valence-electron chi connectivity index (χ1n) is 12.0. The van der Waals surface area contributed by atoms with Crippen LogP contribution in [0.15, 0.2) is 77.7 Å². The first kappa shape index (κ1) is 27.9. The lowest BCUT2D eigenvalue weighted by molar-refractivity contribution is -0.139. The molecule has 1 N–H and O–H groups in total. The molecule has 0 bridgehead atoms. The van der Waals surface area contributed by atoms with E-state index in [1.807, 2.05) is 19.9 Å². The number of rotatable bonds is 10. The van der Waals surface area contributed by atoms with Gasteiger partial charge in [-0.25, -0.2) is 12.8 Å². The molecule has 7 nitrogen and oxygen atoms in total. The van der Waals surface area contributed by atoms with Crippen LogP contribution in [-0.2, 0) is 26.2 Å². The maximum atomic E-state index is 14.5. The Morgan fingerprint density at radius 3 is 2.24 bits per heavy atom. The monoisotopic (exact) mass is 525 g/mol. The Kier molecular flexibility index (Phi) is 9.04. The van der Waals surface area contributed by atoms with Gasteiger partial charge in [0.15, 0.2) is 0 Å². The predicted molar refractivity (Wildman–Crippen MR) is 142 cm³/mol. The van der Waals surface area contributed by atoms with Gasteiger partial charge in [-0.2, -0.15) is 0 Å². The average molecular weight is 526 g/mol. The van der Waals surface area contributed by atoms with Gasteiger partial charge in [0.05, 0.1) is 10.6 Å². The van der Waals surface area contributed by atoms with Crippen LogP contribution in [0.4, 0.5) is 10.1 Å². The smallest absolute Gasteiger partial charge is 0.264 e. The molecule has 0 aromatic heterocycles. The number of amides is 2. The lowest BCUT2D eigenvalue weighted by Gasteiger charge is -2.32. The standard InChI is InChI=1S/C28H32FN3O4S/c1-5-30-28(34)22(4)31(18-23-10-6-7-12-26(23)29)27(33)19-32(24-11-8-9-21(3)17-24)37(35,36)25-15-13-20(2)14-16-25/h6-17,22H,5,18-19H2,1-4H3,(H,30,34)/t22-/m1/s1. The number of hydrogen-bond donors (Lipinski definition) is 1. The minimum absolute atomic E-state index is 0.0323. The second-order valence-electron chi connectivity index (χ2n) is 8.85. The molecule has 0 saturated heterocycles. The largest absolute Gasteiger partial charge is 0.355 e. The maximum absolute atomic E-state index is 14.5. The average Bonchev–Trinajstić information content (AvgIpc) is 2.86. The molecular formula is C28H32FN3O4S. The zero-order valence-electron chi connectivity index (χ0n) is 21.4. The summed E-state index contributed by atoms with van der Waals surface area (Å²) in [6.07, 6.45) is 0. The van der Waals surface area contributed by atoms with Crippen LogP contribution < -0.4 is 9.62 Å². The Morgan fingerprint density at radius 2 is 1.62 bits per heavy atom. The van der Waals surface area contributed by atoms with Crippen LogP contribution >= 0.6 is 0 Å². The van der Waals surface area contributed by atoms with E-state index in [0.29, 0.717) is 12.2 Å². The van der Waals surface area contributed by atoms with Gasteiger partial charge in [-0.3, -0.25) is 13.9 Å². The van der Waals surface area contributed by atoms with Crippen molar-refractivity contribution >= 4 is 27.5 Å². The van der Waals surface area contributed by atoms with Crippen molar-refractivity contribution < 1.29 is 22.4 Å². The van der Waals surface area contributed by atoms with Gasteiger partial charge in [0.25, 0.3) is 10.0 Å². The van der Waals surface area contributed by atoms with Crippen LogP contribution in [0.2, 0.25) is 0 Å². The van der Waals surface area contributed by atoms with E-state index in [2.05, 4.69) is 5.32 Å². The summed E-state index contributed by atoms with van der Waals surface area (Å²) in [5.41, 5.74) is 2.23. The molecule has 0 aliphatic rings. The topological polar surface area (TPSA) is 86.8 Å². The summed E-state index contributed by atoms with van der Waals surface area (Å²) in [6, 6.07) is 18.2. The number of aryl methyl sites for hydroxylation is 2. The zero-order chi connectivity index (χ0) is 27.2. The van der Waals surface area contributed by atoms with Crippen LogP contribution in [0.5, 0.6) is 0 Å². The van der Waals surface area contributed by atoms with Gasteiger partial charge in [0.1, 0.15) is 18.4 Å². The quantitative estimate of drug-likeness (QED) is 0.430. The number of carbonyl (C=O) groups excluding carboxylic acids is 2. The third kappa shape index (κ3) is 6.74. The fraction of sp³-hybridized carbons (Fsp3) is 0.286. The molecule has 9 heteroatoms. The number of nitrogens with one attached hydrogen (secondary N) is 1. The number of sulfonamides is 1. The molecule has 0 unspecified atom stereocenters. The first-order valence-corrected chi connectivity index (χ1v) is 13.4. The number of hydrogen-bond acceptors (Lipinski definition) is 4. The summed E-state index contributed by atoms with van der Waals surface area (Å²) in [7, 11) is -4.14. The van der Waals surface area contributed by atoms with Crippen LogP contribution in [0.3, 0.4) is 0 Å². The lowest BCUT2D eigenvalue weighted by atomic mass is 10.1. The number of carbonyl (C=O) groups is 2. The summed E-state index contributed by atoms with van der Waals surface area (Å²) in [5.74, 6) is -1.58. The number of nitrogens with zero attached hydrogens (tertiary/aromatic N) is 2. The van der Waals surface area contributed by atoms with Gasteiger partial charge in [0, 0.05) is 18.7 Å². The Hall–Kier alpha value is -3.72. The second kappa shape index (κ2) is 12.0. The lowest BCUT2D eigenvalue weighted by Crippen LogP contribution is -2.51. The first-order chi connectivity index (χ1) is 17.5. The number of benzene rings is 3. The van der Waals surface area contributed by atoms with E-state index in [1.165, 1.54) is 42.2 Å². The van der Waals surface area contributed by atoms with Gasteiger partial charge >= 0.3 is 0 Å². The fourth-order valence-corrected chi connectivity index (χ4v) is 5.27. The molecule has 2 amide bonds. The number of anilines is 1. The molecule has 37 heavy (non-hydrogen) atoms. The summed E-state index contributed by atoms with van der Waals surface area (Å²) in [4.78, 5) is 27.6. The van der Waals surface area contributed by atoms with Crippen LogP contribution in [0.25, 0.3) is 0 Å². The Labute approximate surface area is 218 Å². The van der Waals surface area contributed by atoms with Crippen molar-refractivity contribution in [2.75, 3.05) is 17.4 Å². The van der Waals surface area contributed by atoms with E-state index < -0.39 is 40.2 Å². The summed E-state index contributed by atoms with van der Waals surface area (Å²) in [5, 5.41) is 2.68. The minimum Gasteiger partial charge on any atom is -0.355 e. The van der Waals surface area contributed by atoms with E-state index in [-0.39, 0.29) is 17.0 Å². The normalized spacial score (nSPS) is 12.0. The molecule has 0 fully saturated rings. The van der Waals surface area contributed by atoms with Crippen LogP contribution in [0, 0.1) is 19.7 Å². The SMILES string of the molecule is CCNC(=O)[C@@H](C)N(Cc1ccccc1F)C(=O)CN(c1cccc(C)c1)S(=O)(=O)c1ccc(C)cc1. The molecule has 0 radical (unpaired) electrons. The third-order valence-corrected chi connectivity index (χ3v) is 7.78. The van der Waals surface area contributed by atoms with Crippen molar-refractivity contribution in [2.45, 2.75) is 45.2 Å². The van der Waals surface area contributed by atoms with Gasteiger partial charge in [0.2, 0.25) is 11.8 Å². The van der Waals surface area contributed by atoms with Crippen molar-refractivity contribution in [1.82, 2.24) is 10.2 Å². The van der Waals surface area contributed by atoms with Crippen LogP contribution in [0.1, 0.15) is 30.5 Å². The van der Waals surface area contributed by atoms with E-state index in [1.54, 1.807) is 43.3 Å². The van der Waals surface area contributed by atoms with Gasteiger partial charge in [-0.05, 0) is 63.6 Å². The highest BCUT2D eigenvalue weighted by molar-refractivity contribution is 7.92. The molecule has 3 rings (SSSR count). The molecule has 0 aliphatic heterocycles. The maximum Gasteiger partial charge on any atom is 0.264 e. The van der Waals surface area contributed by atoms with Crippen molar-refractivity contribution in [3.63, 3.8) is 0 Å². The third-order valence-electron chi connectivity index (χ3n) is 5.99. The van der Waals surface area contributed by atoms with Gasteiger partial charge < -0.3 is 10.2 Å². The van der Waals surface area contributed by atoms with E-state index in [0.717, 1.165) is 15.4 Å². The summed E-state index contributed by atoms with van der Waals surface area (Å²) >= 11 is 0. The van der Waals surface area contributed by atoms with Crippen molar-refractivity contribution in [2.24, 2.45) is 0 Å². The second-order valence-corrected chi connectivity index (χ2v) is 10.7.